The van der Waals surface area contributed by atoms with E-state index in [0.717, 1.165) is 30.6 Å². The number of nitrogens with one attached hydrogen (secondary N) is 1. The van der Waals surface area contributed by atoms with Gasteiger partial charge in [-0.05, 0) is 12.0 Å². The van der Waals surface area contributed by atoms with Gasteiger partial charge in [-0.3, -0.25) is 14.5 Å². The third kappa shape index (κ3) is 5.29. The summed E-state index contributed by atoms with van der Waals surface area (Å²) in [5.41, 5.74) is 0.381. The van der Waals surface area contributed by atoms with Gasteiger partial charge in [-0.15, -0.1) is 0 Å². The van der Waals surface area contributed by atoms with Gasteiger partial charge in [-0.1, -0.05) is 56.5 Å². The number of benzene rings is 1. The third-order valence-corrected chi connectivity index (χ3v) is 4.48. The summed E-state index contributed by atoms with van der Waals surface area (Å²) in [6.45, 7) is 2.88. The summed E-state index contributed by atoms with van der Waals surface area (Å²) < 4.78 is 0. The molecule has 8 heteroatoms. The number of carboxylic acids is 1. The van der Waals surface area contributed by atoms with Crippen molar-refractivity contribution in [3.8, 4) is 0 Å². The Morgan fingerprint density at radius 3 is 2.41 bits per heavy atom. The predicted molar refractivity (Wildman–Crippen MR) is 97.8 cm³/mol. The van der Waals surface area contributed by atoms with Crippen molar-refractivity contribution in [2.75, 3.05) is 19.6 Å². The molecule has 0 radical (unpaired) electrons. The summed E-state index contributed by atoms with van der Waals surface area (Å²) in [7, 11) is 0. The first-order valence-corrected chi connectivity index (χ1v) is 9.14. The summed E-state index contributed by atoms with van der Waals surface area (Å²) in [6.07, 6.45) is 3.94. The zero-order valence-electron chi connectivity index (χ0n) is 15.4. The Hall–Kier alpha value is -2.90. The maximum atomic E-state index is 12.4. The van der Waals surface area contributed by atoms with Gasteiger partial charge < -0.3 is 15.3 Å². The summed E-state index contributed by atoms with van der Waals surface area (Å²) in [6, 6.07) is 6.00. The van der Waals surface area contributed by atoms with E-state index < -0.39 is 29.9 Å². The fraction of sp³-hybridized carbons (Fsp3) is 0.474. The lowest BCUT2D eigenvalue weighted by molar-refractivity contribution is -0.153. The fourth-order valence-corrected chi connectivity index (χ4v) is 2.95. The summed E-state index contributed by atoms with van der Waals surface area (Å²) >= 11 is 0. The Morgan fingerprint density at radius 1 is 1.07 bits per heavy atom. The van der Waals surface area contributed by atoms with Crippen molar-refractivity contribution >= 4 is 23.8 Å². The Kier molecular flexibility index (Phi) is 7.34. The Balaban J connectivity index is 1.97. The van der Waals surface area contributed by atoms with Crippen LogP contribution in [0.25, 0.3) is 0 Å². The molecular formula is C19H25N3O5. The molecular weight excluding hydrogens is 350 g/mol. The zero-order valence-corrected chi connectivity index (χ0v) is 15.4. The van der Waals surface area contributed by atoms with Crippen LogP contribution in [-0.4, -0.2) is 58.4 Å². The minimum Gasteiger partial charge on any atom is -0.479 e. The van der Waals surface area contributed by atoms with Crippen LogP contribution in [0.2, 0.25) is 0 Å². The molecule has 8 nitrogen and oxygen atoms in total. The van der Waals surface area contributed by atoms with Crippen LogP contribution in [0.3, 0.4) is 0 Å². The Labute approximate surface area is 158 Å². The summed E-state index contributed by atoms with van der Waals surface area (Å²) in [5, 5.41) is 11.7. The highest BCUT2D eigenvalue weighted by molar-refractivity contribution is 6.38. The predicted octanol–water partition coefficient (Wildman–Crippen LogP) is 1.77. The van der Waals surface area contributed by atoms with Crippen LogP contribution in [0.4, 0.5) is 4.79 Å². The highest BCUT2D eigenvalue weighted by Gasteiger charge is 2.37. The number of unbranched alkanes of at least 4 members (excludes halogenated alkanes) is 3. The average molecular weight is 375 g/mol. The quantitative estimate of drug-likeness (QED) is 0.532. The van der Waals surface area contributed by atoms with Gasteiger partial charge in [0.15, 0.2) is 6.04 Å². The van der Waals surface area contributed by atoms with Crippen molar-refractivity contribution < 1.29 is 24.3 Å². The molecule has 1 aromatic carbocycles. The van der Waals surface area contributed by atoms with Gasteiger partial charge in [0, 0.05) is 19.6 Å². The maximum absolute atomic E-state index is 12.4. The fourth-order valence-electron chi connectivity index (χ4n) is 2.95. The van der Waals surface area contributed by atoms with Crippen molar-refractivity contribution in [2.24, 2.45) is 0 Å². The van der Waals surface area contributed by atoms with Gasteiger partial charge in [0.25, 0.3) is 0 Å². The molecule has 1 atom stereocenters. The molecule has 2 N–H and O–H groups in total. The van der Waals surface area contributed by atoms with E-state index in [1.54, 1.807) is 30.3 Å². The number of carboxylic acid groups (broad SMARTS) is 1. The number of rotatable bonds is 8. The lowest BCUT2D eigenvalue weighted by Crippen LogP contribution is -2.58. The van der Waals surface area contributed by atoms with Crippen molar-refractivity contribution in [3.63, 3.8) is 0 Å². The largest absolute Gasteiger partial charge is 0.479 e. The van der Waals surface area contributed by atoms with Gasteiger partial charge in [-0.25, -0.2) is 9.59 Å². The van der Waals surface area contributed by atoms with E-state index >= 15 is 0 Å². The number of piperazine rings is 1. The second-order valence-corrected chi connectivity index (χ2v) is 6.44. The average Bonchev–Trinajstić information content (AvgIpc) is 2.66. The first-order valence-electron chi connectivity index (χ1n) is 9.14. The van der Waals surface area contributed by atoms with Gasteiger partial charge >= 0.3 is 23.8 Å². The number of aliphatic carboxylic acids is 1. The van der Waals surface area contributed by atoms with Crippen molar-refractivity contribution in [3.05, 3.63) is 35.9 Å². The van der Waals surface area contributed by atoms with Gasteiger partial charge in [0.05, 0.1) is 0 Å². The summed E-state index contributed by atoms with van der Waals surface area (Å²) in [5.74, 6) is -2.89. The molecule has 0 saturated carbocycles. The second-order valence-electron chi connectivity index (χ2n) is 6.44. The van der Waals surface area contributed by atoms with Crippen LogP contribution in [0.15, 0.2) is 30.3 Å². The van der Waals surface area contributed by atoms with E-state index in [9.17, 15) is 24.3 Å². The third-order valence-electron chi connectivity index (χ3n) is 4.48. The molecule has 1 aliphatic rings. The second kappa shape index (κ2) is 9.70. The molecule has 0 aromatic heterocycles. The van der Waals surface area contributed by atoms with Crippen molar-refractivity contribution in [1.82, 2.24) is 15.1 Å². The number of hydrogen-bond donors (Lipinski definition) is 2. The van der Waals surface area contributed by atoms with E-state index in [1.165, 1.54) is 4.90 Å². The molecule has 4 amide bonds. The maximum Gasteiger partial charge on any atom is 0.330 e. The first-order chi connectivity index (χ1) is 13.0. The normalized spacial score (nSPS) is 15.6. The molecule has 1 heterocycles. The van der Waals surface area contributed by atoms with Crippen LogP contribution in [0, 0.1) is 0 Å². The van der Waals surface area contributed by atoms with Crippen molar-refractivity contribution in [2.45, 2.75) is 38.6 Å². The van der Waals surface area contributed by atoms with Crippen molar-refractivity contribution in [1.29, 1.82) is 0 Å². The molecule has 1 unspecified atom stereocenters. The van der Waals surface area contributed by atoms with Crippen LogP contribution in [0.1, 0.15) is 44.2 Å². The topological polar surface area (TPSA) is 107 Å². The van der Waals surface area contributed by atoms with Crippen LogP contribution < -0.4 is 5.32 Å². The van der Waals surface area contributed by atoms with E-state index in [0.29, 0.717) is 12.1 Å². The highest BCUT2D eigenvalue weighted by Crippen LogP contribution is 2.15. The smallest absolute Gasteiger partial charge is 0.330 e. The number of carbonyl (C=O) groups excluding carboxylic acids is 3. The Morgan fingerprint density at radius 2 is 1.78 bits per heavy atom. The number of imide groups is 1. The van der Waals surface area contributed by atoms with Crippen LogP contribution in [0.5, 0.6) is 0 Å². The molecule has 1 fully saturated rings. The number of nitrogens with zero attached hydrogens (tertiary/aromatic N) is 2. The molecule has 146 valence electrons. The number of amides is 4. The van der Waals surface area contributed by atoms with E-state index in [1.807, 2.05) is 0 Å². The lowest BCUT2D eigenvalue weighted by Gasteiger charge is -2.33. The van der Waals surface area contributed by atoms with Gasteiger partial charge in [0.1, 0.15) is 0 Å². The van der Waals surface area contributed by atoms with Gasteiger partial charge in [-0.2, -0.15) is 0 Å². The van der Waals surface area contributed by atoms with E-state index in [4.69, 9.17) is 0 Å². The number of urea groups is 1. The van der Waals surface area contributed by atoms with E-state index in [2.05, 4.69) is 12.2 Å². The molecule has 27 heavy (non-hydrogen) atoms. The monoisotopic (exact) mass is 375 g/mol. The number of hydrogen-bond acceptors (Lipinski definition) is 4. The van der Waals surface area contributed by atoms with E-state index in [-0.39, 0.29) is 13.1 Å². The SMILES string of the molecule is CCCCCCN1CCN(C(=O)NC(C(=O)O)c2ccccc2)C(=O)C1=O. The number of carbonyl (C=O) groups is 4. The van der Waals surface area contributed by atoms with Crippen LogP contribution in [-0.2, 0) is 14.4 Å². The molecule has 2 rings (SSSR count). The minimum atomic E-state index is -1.30. The lowest BCUT2D eigenvalue weighted by atomic mass is 10.1. The van der Waals surface area contributed by atoms with Gasteiger partial charge in [0.2, 0.25) is 0 Å². The molecule has 1 aliphatic heterocycles. The summed E-state index contributed by atoms with van der Waals surface area (Å²) in [4.78, 5) is 50.6. The molecule has 0 spiro atoms. The standard InChI is InChI=1S/C19H25N3O5/c1-2-3-4-8-11-21-12-13-22(17(24)16(21)23)19(27)20-15(18(25)26)14-9-6-5-7-10-14/h5-7,9-10,15H,2-4,8,11-13H2,1H3,(H,20,27)(H,25,26). The molecule has 1 aromatic rings. The van der Waals surface area contributed by atoms with Crippen LogP contribution >= 0.6 is 0 Å². The minimum absolute atomic E-state index is 0.0469. The Bertz CT molecular complexity index is 692. The molecule has 1 saturated heterocycles. The molecule has 0 bridgehead atoms. The highest BCUT2D eigenvalue weighted by atomic mass is 16.4. The zero-order chi connectivity index (χ0) is 19.8. The molecule has 0 aliphatic carbocycles. The first kappa shape index (κ1) is 20.4.